The minimum Gasteiger partial charge on any atom is -0.491 e. The molecule has 3 fully saturated rings. The summed E-state index contributed by atoms with van der Waals surface area (Å²) >= 11 is 1.61. The monoisotopic (exact) mass is 983 g/mol. The van der Waals surface area contributed by atoms with Crippen molar-refractivity contribution in [3.05, 3.63) is 101 Å². The standard InChI is InChI=1S/C55H70N10O5S/c1-37(56-2)51(66)62-50(39-16-9-6-10-17-39)54(67)64-29-13-20-48(64)52-60-47(36-71-52)43-25-26-49(44-19-12-11-18-42(43)44)70-33-31-68-30-32-69-41-23-21-40(22-24-41)59-55-57-28-27-46(61-55)45-34-58-65(53(45)63(3)4)35-38-14-7-5-8-15-38/h5,7-8,11-12,14-15,18-19,25-28,34,36-37,39-41,48,50,56H,6,9-10,13,16-17,20-24,29-33,35H2,1-4H3,(H,62,66)(H,57,59,61)/t37-,40-,41-,48-,50-/m0/s1. The number of hydrogen-bond acceptors (Lipinski definition) is 13. The zero-order valence-corrected chi connectivity index (χ0v) is 42.5. The lowest BCUT2D eigenvalue weighted by Crippen LogP contribution is -2.55. The van der Waals surface area contributed by atoms with Gasteiger partial charge in [-0.05, 0) is 100 Å². The largest absolute Gasteiger partial charge is 0.491 e. The highest BCUT2D eigenvalue weighted by Crippen LogP contribution is 2.40. The number of hydrogen-bond donors (Lipinski definition) is 3. The zero-order valence-electron chi connectivity index (χ0n) is 41.7. The Labute approximate surface area is 422 Å². The summed E-state index contributed by atoms with van der Waals surface area (Å²) in [5, 5.41) is 19.6. The van der Waals surface area contributed by atoms with Crippen molar-refractivity contribution in [3.63, 3.8) is 0 Å². The predicted octanol–water partition coefficient (Wildman–Crippen LogP) is 8.90. The molecule has 0 spiro atoms. The zero-order chi connectivity index (χ0) is 49.1. The lowest BCUT2D eigenvalue weighted by molar-refractivity contribution is -0.139. The number of carbonyl (C=O) groups is 2. The molecule has 1 saturated heterocycles. The number of amides is 2. The summed E-state index contributed by atoms with van der Waals surface area (Å²) in [6.45, 7) is 5.08. The quantitative estimate of drug-likeness (QED) is 0.0589. The molecule has 2 amide bonds. The van der Waals surface area contributed by atoms with Crippen LogP contribution in [0.25, 0.3) is 33.3 Å². The van der Waals surface area contributed by atoms with Crippen LogP contribution in [-0.4, -0.2) is 120 Å². The molecule has 3 aromatic heterocycles. The van der Waals surface area contributed by atoms with E-state index in [1.54, 1.807) is 18.4 Å². The van der Waals surface area contributed by atoms with Gasteiger partial charge in [-0.3, -0.25) is 9.59 Å². The van der Waals surface area contributed by atoms with Gasteiger partial charge in [0.05, 0.1) is 67.7 Å². The Kier molecular flexibility index (Phi) is 16.9. The average molecular weight is 983 g/mol. The van der Waals surface area contributed by atoms with E-state index in [2.05, 4.69) is 73.7 Å². The van der Waals surface area contributed by atoms with Gasteiger partial charge in [-0.1, -0.05) is 73.9 Å². The Hall–Kier alpha value is -5.94. The minimum atomic E-state index is -0.520. The van der Waals surface area contributed by atoms with E-state index in [9.17, 15) is 9.59 Å². The van der Waals surface area contributed by atoms with Gasteiger partial charge in [0.1, 0.15) is 29.2 Å². The predicted molar refractivity (Wildman–Crippen MR) is 281 cm³/mol. The van der Waals surface area contributed by atoms with Gasteiger partial charge < -0.3 is 40.0 Å². The summed E-state index contributed by atoms with van der Waals surface area (Å²) in [5.74, 6) is 2.47. The first kappa shape index (κ1) is 50.0. The summed E-state index contributed by atoms with van der Waals surface area (Å²) in [4.78, 5) is 46.2. The SMILES string of the molecule is CN[C@@H](C)C(=O)N[C@H](C(=O)N1CCC[C@H]1c1nc(-c2ccc(OCCOCCO[C@H]3CC[C@H](Nc4nccc(-c5cnn(Cc6ccccc6)c5N(C)C)n4)CC3)c3ccccc23)cs1)C1CCCCC1. The third kappa shape index (κ3) is 12.2. The van der Waals surface area contributed by atoms with Crippen molar-refractivity contribution in [3.8, 4) is 28.3 Å². The van der Waals surface area contributed by atoms with Crippen molar-refractivity contribution < 1.29 is 23.8 Å². The van der Waals surface area contributed by atoms with Gasteiger partial charge in [-0.25, -0.2) is 19.6 Å². The fourth-order valence-corrected chi connectivity index (χ4v) is 11.5. The Balaban J connectivity index is 0.722. The number of anilines is 2. The van der Waals surface area contributed by atoms with Crippen LogP contribution in [0.1, 0.15) is 94.2 Å². The van der Waals surface area contributed by atoms with Crippen molar-refractivity contribution >= 4 is 45.7 Å². The molecule has 1 aliphatic heterocycles. The molecule has 3 N–H and O–H groups in total. The molecule has 15 nitrogen and oxygen atoms in total. The Bertz CT molecular complexity index is 2680. The molecule has 3 aromatic carbocycles. The van der Waals surface area contributed by atoms with Gasteiger partial charge in [0.25, 0.3) is 0 Å². The Morgan fingerprint density at radius 3 is 2.38 bits per heavy atom. The summed E-state index contributed by atoms with van der Waals surface area (Å²) in [5.41, 5.74) is 4.92. The normalized spacial score (nSPS) is 19.4. The number of nitrogens with one attached hydrogen (secondary N) is 3. The van der Waals surface area contributed by atoms with Crippen LogP contribution >= 0.6 is 11.3 Å². The number of benzene rings is 3. The van der Waals surface area contributed by atoms with Crippen molar-refractivity contribution in [2.75, 3.05) is 64.3 Å². The highest BCUT2D eigenvalue weighted by atomic mass is 32.1. The van der Waals surface area contributed by atoms with E-state index in [4.69, 9.17) is 29.3 Å². The van der Waals surface area contributed by atoms with Gasteiger partial charge >= 0.3 is 0 Å². The number of carbonyl (C=O) groups excluding carboxylic acids is 2. The first-order valence-corrected chi connectivity index (χ1v) is 26.6. The number of likely N-dealkylation sites (N-methyl/N-ethyl adjacent to an activating group) is 1. The van der Waals surface area contributed by atoms with Crippen molar-refractivity contribution in [1.29, 1.82) is 0 Å². The molecular formula is C55H70N10O5S. The molecule has 4 heterocycles. The highest BCUT2D eigenvalue weighted by molar-refractivity contribution is 7.10. The van der Waals surface area contributed by atoms with Crippen LogP contribution in [0, 0.1) is 5.92 Å². The summed E-state index contributed by atoms with van der Waals surface area (Å²) in [6, 6.07) is 23.9. The molecule has 2 aliphatic carbocycles. The lowest BCUT2D eigenvalue weighted by Gasteiger charge is -2.35. The molecule has 16 heteroatoms. The summed E-state index contributed by atoms with van der Waals surface area (Å²) in [7, 11) is 5.84. The number of rotatable bonds is 21. The molecule has 2 saturated carbocycles. The van der Waals surface area contributed by atoms with Crippen LogP contribution < -0.4 is 25.6 Å². The van der Waals surface area contributed by atoms with Crippen LogP contribution in [0.3, 0.4) is 0 Å². The second-order valence-electron chi connectivity index (χ2n) is 19.4. The molecule has 0 bridgehead atoms. The topological polar surface area (TPSA) is 161 Å². The number of thiazole rings is 1. The van der Waals surface area contributed by atoms with Gasteiger partial charge in [-0.15, -0.1) is 11.3 Å². The molecule has 3 aliphatic rings. The summed E-state index contributed by atoms with van der Waals surface area (Å²) < 4.78 is 20.5. The number of aromatic nitrogens is 5. The molecule has 3 atom stereocenters. The van der Waals surface area contributed by atoms with Gasteiger partial charge in [0, 0.05) is 49.2 Å². The first-order valence-electron chi connectivity index (χ1n) is 25.7. The van der Waals surface area contributed by atoms with E-state index >= 15 is 0 Å². The third-order valence-electron chi connectivity index (χ3n) is 14.4. The lowest BCUT2D eigenvalue weighted by atomic mass is 9.83. The van der Waals surface area contributed by atoms with Crippen molar-refractivity contribution in [2.45, 2.75) is 114 Å². The fourth-order valence-electron chi connectivity index (χ4n) is 10.5. The van der Waals surface area contributed by atoms with Crippen LogP contribution in [0.2, 0.25) is 0 Å². The van der Waals surface area contributed by atoms with E-state index < -0.39 is 6.04 Å². The maximum atomic E-state index is 14.4. The smallest absolute Gasteiger partial charge is 0.246 e. The molecule has 0 unspecified atom stereocenters. The highest BCUT2D eigenvalue weighted by Gasteiger charge is 2.40. The summed E-state index contributed by atoms with van der Waals surface area (Å²) in [6.07, 6.45) is 14.8. The second kappa shape index (κ2) is 24.0. The maximum absolute atomic E-state index is 14.4. The molecule has 376 valence electrons. The van der Waals surface area contributed by atoms with Crippen LogP contribution in [0.5, 0.6) is 5.75 Å². The minimum absolute atomic E-state index is 0.0252. The van der Waals surface area contributed by atoms with E-state index in [0.29, 0.717) is 45.5 Å². The van der Waals surface area contributed by atoms with Gasteiger partial charge in [-0.2, -0.15) is 5.10 Å². The first-order chi connectivity index (χ1) is 34.7. The van der Waals surface area contributed by atoms with E-state index in [1.807, 2.05) is 73.3 Å². The Morgan fingerprint density at radius 2 is 1.59 bits per heavy atom. The molecule has 71 heavy (non-hydrogen) atoms. The molecule has 6 aromatic rings. The fraction of sp³-hybridized carbons (Fsp3) is 0.491. The number of likely N-dealkylation sites (tertiary alicyclic amines) is 1. The van der Waals surface area contributed by atoms with Crippen LogP contribution in [0.4, 0.5) is 11.8 Å². The van der Waals surface area contributed by atoms with Gasteiger partial charge in [0.15, 0.2) is 0 Å². The molecular weight excluding hydrogens is 913 g/mol. The van der Waals surface area contributed by atoms with Crippen LogP contribution in [0.15, 0.2) is 90.6 Å². The van der Waals surface area contributed by atoms with Crippen LogP contribution in [-0.2, 0) is 25.6 Å². The van der Waals surface area contributed by atoms with Crippen molar-refractivity contribution in [2.24, 2.45) is 5.92 Å². The van der Waals surface area contributed by atoms with E-state index in [1.165, 1.54) is 12.0 Å². The van der Waals surface area contributed by atoms with Gasteiger partial charge in [0.2, 0.25) is 17.8 Å². The molecule has 9 rings (SSSR count). The van der Waals surface area contributed by atoms with Crippen molar-refractivity contribution in [1.82, 2.24) is 40.3 Å². The third-order valence-corrected chi connectivity index (χ3v) is 15.4. The second-order valence-corrected chi connectivity index (χ2v) is 20.3. The Morgan fingerprint density at radius 1 is 0.817 bits per heavy atom. The number of nitrogens with zero attached hydrogens (tertiary/aromatic N) is 7. The average Bonchev–Trinajstić information content (AvgIpc) is 4.20. The maximum Gasteiger partial charge on any atom is 0.246 e. The van der Waals surface area contributed by atoms with E-state index in [-0.39, 0.29) is 42.0 Å². The number of ether oxygens (including phenoxy) is 3. The molecule has 0 radical (unpaired) electrons. The van der Waals surface area contributed by atoms with E-state index in [0.717, 1.165) is 114 Å². The number of fused-ring (bicyclic) bond motifs is 1.